The first-order valence-electron chi connectivity index (χ1n) is 12.6. The third kappa shape index (κ3) is 9.08. The molecule has 1 aliphatic carbocycles. The molecular formula is C30H36O5. The molecule has 0 unspecified atom stereocenters. The lowest BCUT2D eigenvalue weighted by Gasteiger charge is -2.29. The molecule has 0 heterocycles. The van der Waals surface area contributed by atoms with Gasteiger partial charge in [0, 0.05) is 12.2 Å². The van der Waals surface area contributed by atoms with Crippen LogP contribution < -0.4 is 9.47 Å². The predicted octanol–water partition coefficient (Wildman–Crippen LogP) is 7.23. The zero-order valence-corrected chi connectivity index (χ0v) is 20.6. The van der Waals surface area contributed by atoms with E-state index in [9.17, 15) is 9.59 Å². The summed E-state index contributed by atoms with van der Waals surface area (Å²) in [6.45, 7) is 5.39. The Morgan fingerprint density at radius 1 is 0.914 bits per heavy atom. The molecule has 0 bridgehead atoms. The van der Waals surface area contributed by atoms with E-state index in [0.717, 1.165) is 17.6 Å². The lowest BCUT2D eigenvalue weighted by atomic mass is 9.77. The quantitative estimate of drug-likeness (QED) is 0.106. The first kappa shape index (κ1) is 26.3. The van der Waals surface area contributed by atoms with Crippen molar-refractivity contribution in [2.24, 2.45) is 5.92 Å². The lowest BCUT2D eigenvalue weighted by molar-refractivity contribution is -0.144. The molecular weight excluding hydrogens is 440 g/mol. The smallest absolute Gasteiger partial charge is 0.336 e. The summed E-state index contributed by atoms with van der Waals surface area (Å²) in [6.07, 6.45) is 14.7. The molecule has 1 fully saturated rings. The molecule has 0 radical (unpaired) electrons. The van der Waals surface area contributed by atoms with E-state index in [0.29, 0.717) is 17.4 Å². The summed E-state index contributed by atoms with van der Waals surface area (Å²) in [5.74, 6) is 1.64. The van der Waals surface area contributed by atoms with Crippen molar-refractivity contribution in [2.45, 2.75) is 64.2 Å². The number of benzene rings is 2. The van der Waals surface area contributed by atoms with Gasteiger partial charge in [-0.05, 0) is 79.0 Å². The van der Waals surface area contributed by atoms with E-state index >= 15 is 0 Å². The monoisotopic (exact) mass is 476 g/mol. The molecule has 0 spiro atoms. The van der Waals surface area contributed by atoms with Crippen LogP contribution in [0.2, 0.25) is 0 Å². The number of carbonyl (C=O) groups is 2. The standard InChI is InChI=1S/C30H36O5/c1-3-5-6-7-23-8-13-25(14-9-23)26-15-19-28(20-16-26)35-30(32)21-12-24-10-17-27(18-11-24)33-22-34-29(31)4-2/h4,10-12,15-21,23,25H,2-3,5-9,13-14,22H2,1H3. The number of hydrogen-bond donors (Lipinski definition) is 0. The average molecular weight is 477 g/mol. The van der Waals surface area contributed by atoms with Gasteiger partial charge < -0.3 is 14.2 Å². The molecule has 0 atom stereocenters. The van der Waals surface area contributed by atoms with Gasteiger partial charge in [-0.1, -0.05) is 63.5 Å². The molecule has 0 saturated heterocycles. The second-order valence-corrected chi connectivity index (χ2v) is 9.04. The number of ether oxygens (including phenoxy) is 3. The lowest BCUT2D eigenvalue weighted by Crippen LogP contribution is -2.13. The van der Waals surface area contributed by atoms with Crippen molar-refractivity contribution in [1.29, 1.82) is 0 Å². The van der Waals surface area contributed by atoms with Crippen LogP contribution in [-0.4, -0.2) is 18.7 Å². The van der Waals surface area contributed by atoms with E-state index < -0.39 is 11.9 Å². The Hall–Kier alpha value is -3.34. The number of hydrogen-bond acceptors (Lipinski definition) is 5. The molecule has 2 aromatic rings. The van der Waals surface area contributed by atoms with Crippen LogP contribution in [0.15, 0.2) is 67.3 Å². The average Bonchev–Trinajstić information content (AvgIpc) is 2.89. The van der Waals surface area contributed by atoms with E-state index in [4.69, 9.17) is 14.2 Å². The predicted molar refractivity (Wildman–Crippen MR) is 138 cm³/mol. The summed E-state index contributed by atoms with van der Waals surface area (Å²) in [5.41, 5.74) is 2.16. The van der Waals surface area contributed by atoms with E-state index in [1.54, 1.807) is 30.3 Å². The van der Waals surface area contributed by atoms with Gasteiger partial charge in [-0.15, -0.1) is 0 Å². The van der Waals surface area contributed by atoms with Gasteiger partial charge in [-0.2, -0.15) is 0 Å². The van der Waals surface area contributed by atoms with Crippen LogP contribution in [0.3, 0.4) is 0 Å². The van der Waals surface area contributed by atoms with Gasteiger partial charge >= 0.3 is 11.9 Å². The molecule has 5 heteroatoms. The number of esters is 2. The van der Waals surface area contributed by atoms with Gasteiger partial charge in [0.2, 0.25) is 6.79 Å². The van der Waals surface area contributed by atoms with Crippen molar-refractivity contribution in [3.05, 3.63) is 78.4 Å². The highest BCUT2D eigenvalue weighted by atomic mass is 16.7. The Kier molecular flexibility index (Phi) is 10.6. The van der Waals surface area contributed by atoms with Crippen molar-refractivity contribution in [3.63, 3.8) is 0 Å². The first-order valence-corrected chi connectivity index (χ1v) is 12.6. The third-order valence-electron chi connectivity index (χ3n) is 6.52. The highest BCUT2D eigenvalue weighted by Crippen LogP contribution is 2.38. The Balaban J connectivity index is 1.41. The molecule has 5 nitrogen and oxygen atoms in total. The number of carbonyl (C=O) groups excluding carboxylic acids is 2. The molecule has 0 aliphatic heterocycles. The van der Waals surface area contributed by atoms with Crippen LogP contribution in [-0.2, 0) is 14.3 Å². The summed E-state index contributed by atoms with van der Waals surface area (Å²) in [7, 11) is 0. The van der Waals surface area contributed by atoms with Crippen molar-refractivity contribution < 1.29 is 23.8 Å². The largest absolute Gasteiger partial charge is 0.457 e. The Labute approximate surface area is 208 Å². The maximum absolute atomic E-state index is 12.2. The van der Waals surface area contributed by atoms with Crippen molar-refractivity contribution in [2.75, 3.05) is 6.79 Å². The van der Waals surface area contributed by atoms with E-state index in [2.05, 4.69) is 25.6 Å². The zero-order chi connectivity index (χ0) is 24.9. The Bertz CT molecular complexity index is 967. The molecule has 35 heavy (non-hydrogen) atoms. The van der Waals surface area contributed by atoms with Gasteiger partial charge in [-0.3, -0.25) is 0 Å². The second-order valence-electron chi connectivity index (χ2n) is 9.04. The topological polar surface area (TPSA) is 61.8 Å². The maximum atomic E-state index is 12.2. The zero-order valence-electron chi connectivity index (χ0n) is 20.6. The SMILES string of the molecule is C=CC(=O)OCOc1ccc(C=CC(=O)Oc2ccc(C3CCC(CCCCC)CC3)cc2)cc1. The molecule has 0 aromatic heterocycles. The number of unbranched alkanes of at least 4 members (excludes halogenated alkanes) is 2. The minimum atomic E-state index is -0.544. The fourth-order valence-corrected chi connectivity index (χ4v) is 4.48. The van der Waals surface area contributed by atoms with Crippen LogP contribution >= 0.6 is 0 Å². The van der Waals surface area contributed by atoms with Gasteiger partial charge in [-0.25, -0.2) is 9.59 Å². The van der Waals surface area contributed by atoms with Crippen LogP contribution in [0, 0.1) is 5.92 Å². The molecule has 3 rings (SSSR count). The molecule has 0 N–H and O–H groups in total. The van der Waals surface area contributed by atoms with Crippen LogP contribution in [0.1, 0.15) is 75.3 Å². The van der Waals surface area contributed by atoms with Gasteiger partial charge in [0.05, 0.1) is 0 Å². The van der Waals surface area contributed by atoms with Crippen LogP contribution in [0.25, 0.3) is 6.08 Å². The summed E-state index contributed by atoms with van der Waals surface area (Å²) >= 11 is 0. The molecule has 0 amide bonds. The van der Waals surface area contributed by atoms with Gasteiger partial charge in [0.15, 0.2) is 0 Å². The summed E-state index contributed by atoms with van der Waals surface area (Å²) in [6, 6.07) is 15.0. The Morgan fingerprint density at radius 2 is 1.60 bits per heavy atom. The van der Waals surface area contributed by atoms with E-state index in [-0.39, 0.29) is 6.79 Å². The Morgan fingerprint density at radius 3 is 2.26 bits per heavy atom. The fourth-order valence-electron chi connectivity index (χ4n) is 4.48. The van der Waals surface area contributed by atoms with Crippen molar-refractivity contribution >= 4 is 18.0 Å². The molecule has 1 aliphatic rings. The van der Waals surface area contributed by atoms with Gasteiger partial charge in [0.25, 0.3) is 0 Å². The first-order chi connectivity index (χ1) is 17.1. The molecule has 186 valence electrons. The number of rotatable bonds is 12. The van der Waals surface area contributed by atoms with Crippen molar-refractivity contribution in [3.8, 4) is 11.5 Å². The minimum Gasteiger partial charge on any atom is -0.457 e. The van der Waals surface area contributed by atoms with Crippen LogP contribution in [0.5, 0.6) is 11.5 Å². The maximum Gasteiger partial charge on any atom is 0.336 e. The summed E-state index contributed by atoms with van der Waals surface area (Å²) < 4.78 is 15.5. The minimum absolute atomic E-state index is 0.189. The summed E-state index contributed by atoms with van der Waals surface area (Å²) in [4.78, 5) is 23.2. The molecule has 1 saturated carbocycles. The second kappa shape index (κ2) is 14.1. The highest BCUT2D eigenvalue weighted by Gasteiger charge is 2.22. The van der Waals surface area contributed by atoms with E-state index in [1.807, 2.05) is 12.1 Å². The van der Waals surface area contributed by atoms with Crippen LogP contribution in [0.4, 0.5) is 0 Å². The molecule has 2 aromatic carbocycles. The highest BCUT2D eigenvalue weighted by molar-refractivity contribution is 5.88. The third-order valence-corrected chi connectivity index (χ3v) is 6.52. The van der Waals surface area contributed by atoms with E-state index in [1.165, 1.54) is 63.0 Å². The fraction of sp³-hybridized carbons (Fsp3) is 0.400. The van der Waals surface area contributed by atoms with Gasteiger partial charge in [0.1, 0.15) is 11.5 Å². The summed E-state index contributed by atoms with van der Waals surface area (Å²) in [5, 5.41) is 0. The normalized spacial score (nSPS) is 17.6. The van der Waals surface area contributed by atoms with Crippen molar-refractivity contribution in [1.82, 2.24) is 0 Å².